The lowest BCUT2D eigenvalue weighted by molar-refractivity contribution is -0.139. The van der Waals surface area contributed by atoms with Crippen LogP contribution < -0.4 is 5.32 Å². The van der Waals surface area contributed by atoms with Crippen LogP contribution in [0.3, 0.4) is 0 Å². The third kappa shape index (κ3) is 2.58. The van der Waals surface area contributed by atoms with Crippen LogP contribution in [0.2, 0.25) is 0 Å². The molecule has 20 heavy (non-hydrogen) atoms. The normalized spacial score (nSPS) is 17.5. The van der Waals surface area contributed by atoms with Crippen LogP contribution in [-0.4, -0.2) is 17.1 Å². The smallest absolute Gasteiger partial charge is 0.321 e. The van der Waals surface area contributed by atoms with Gasteiger partial charge in [0.2, 0.25) is 0 Å². The van der Waals surface area contributed by atoms with E-state index in [9.17, 15) is 9.90 Å². The highest BCUT2D eigenvalue weighted by atomic mass is 16.4. The van der Waals surface area contributed by atoms with Gasteiger partial charge in [-0.25, -0.2) is 0 Å². The molecule has 0 aromatic heterocycles. The standard InChI is InChI=1S/C17H17NO2/c19-17(20)16-10-15-13(7-4-8-14(15)11-18-16)9-12-5-2-1-3-6-12/h1-8,16,18H,9-11H2,(H,19,20)/t16-/m0/s1. The highest BCUT2D eigenvalue weighted by Gasteiger charge is 2.25. The topological polar surface area (TPSA) is 49.3 Å². The molecule has 2 N–H and O–H groups in total. The van der Waals surface area contributed by atoms with E-state index >= 15 is 0 Å². The second-order valence-electron chi connectivity index (χ2n) is 5.19. The second-order valence-corrected chi connectivity index (χ2v) is 5.19. The molecular formula is C17H17NO2. The minimum Gasteiger partial charge on any atom is -0.480 e. The molecule has 0 bridgehead atoms. The first-order chi connectivity index (χ1) is 9.74. The zero-order chi connectivity index (χ0) is 13.9. The molecule has 0 aliphatic carbocycles. The summed E-state index contributed by atoms with van der Waals surface area (Å²) in [7, 11) is 0. The van der Waals surface area contributed by atoms with Crippen molar-refractivity contribution in [3.8, 4) is 0 Å². The van der Waals surface area contributed by atoms with E-state index in [0.29, 0.717) is 13.0 Å². The number of benzene rings is 2. The van der Waals surface area contributed by atoms with Crippen molar-refractivity contribution in [2.24, 2.45) is 0 Å². The Balaban J connectivity index is 1.91. The summed E-state index contributed by atoms with van der Waals surface area (Å²) in [4.78, 5) is 11.2. The fraction of sp³-hybridized carbons (Fsp3) is 0.235. The molecule has 0 fully saturated rings. The summed E-state index contributed by atoms with van der Waals surface area (Å²) in [6.45, 7) is 0.634. The van der Waals surface area contributed by atoms with Crippen molar-refractivity contribution in [3.05, 3.63) is 70.8 Å². The van der Waals surface area contributed by atoms with Crippen LogP contribution in [-0.2, 0) is 24.2 Å². The van der Waals surface area contributed by atoms with Crippen molar-refractivity contribution in [3.63, 3.8) is 0 Å². The lowest BCUT2D eigenvalue weighted by Gasteiger charge is -2.25. The van der Waals surface area contributed by atoms with Gasteiger partial charge in [-0.3, -0.25) is 4.79 Å². The Hall–Kier alpha value is -2.13. The Morgan fingerprint density at radius 1 is 1.15 bits per heavy atom. The number of nitrogens with one attached hydrogen (secondary N) is 1. The molecule has 0 saturated heterocycles. The third-order valence-corrected chi connectivity index (χ3v) is 3.85. The molecule has 2 aromatic carbocycles. The predicted octanol–water partition coefficient (Wildman–Crippen LogP) is 2.38. The largest absolute Gasteiger partial charge is 0.480 e. The molecule has 0 saturated carbocycles. The minimum absolute atomic E-state index is 0.473. The average molecular weight is 267 g/mol. The first kappa shape index (κ1) is 12.9. The first-order valence-electron chi connectivity index (χ1n) is 6.84. The molecule has 1 aliphatic heterocycles. The second kappa shape index (κ2) is 5.47. The van der Waals surface area contributed by atoms with E-state index in [4.69, 9.17) is 0 Å². The van der Waals surface area contributed by atoms with E-state index in [0.717, 1.165) is 6.42 Å². The van der Waals surface area contributed by atoms with Crippen LogP contribution in [0.1, 0.15) is 22.3 Å². The Labute approximate surface area is 118 Å². The van der Waals surface area contributed by atoms with Gasteiger partial charge in [-0.2, -0.15) is 0 Å². The average Bonchev–Trinajstić information content (AvgIpc) is 2.48. The first-order valence-corrected chi connectivity index (χ1v) is 6.84. The zero-order valence-electron chi connectivity index (χ0n) is 11.2. The van der Waals surface area contributed by atoms with Crippen LogP contribution >= 0.6 is 0 Å². The summed E-state index contributed by atoms with van der Waals surface area (Å²) in [6, 6.07) is 16.1. The Bertz CT molecular complexity index is 622. The van der Waals surface area contributed by atoms with Gasteiger partial charge in [-0.1, -0.05) is 48.5 Å². The Morgan fingerprint density at radius 3 is 2.70 bits per heavy atom. The molecule has 0 unspecified atom stereocenters. The van der Waals surface area contributed by atoms with E-state index in [-0.39, 0.29) is 0 Å². The molecule has 3 nitrogen and oxygen atoms in total. The number of aliphatic carboxylic acids is 1. The van der Waals surface area contributed by atoms with Crippen LogP contribution in [0.25, 0.3) is 0 Å². The van der Waals surface area contributed by atoms with Crippen LogP contribution in [0.15, 0.2) is 48.5 Å². The maximum absolute atomic E-state index is 11.2. The molecule has 3 heteroatoms. The molecule has 1 heterocycles. The minimum atomic E-state index is -0.773. The maximum atomic E-state index is 11.2. The van der Waals surface area contributed by atoms with E-state index in [1.165, 1.54) is 22.3 Å². The molecule has 102 valence electrons. The summed E-state index contributed by atoms with van der Waals surface area (Å²) in [6.07, 6.45) is 1.42. The van der Waals surface area contributed by atoms with E-state index in [2.05, 4.69) is 35.6 Å². The van der Waals surface area contributed by atoms with Crippen molar-refractivity contribution in [1.29, 1.82) is 0 Å². The number of hydrogen-bond acceptors (Lipinski definition) is 2. The van der Waals surface area contributed by atoms with E-state index in [1.807, 2.05) is 18.2 Å². The van der Waals surface area contributed by atoms with Crippen molar-refractivity contribution in [2.75, 3.05) is 0 Å². The lowest BCUT2D eigenvalue weighted by atomic mass is 9.89. The number of fused-ring (bicyclic) bond motifs is 1. The highest BCUT2D eigenvalue weighted by molar-refractivity contribution is 5.74. The summed E-state index contributed by atoms with van der Waals surface area (Å²) >= 11 is 0. The number of carbonyl (C=O) groups is 1. The van der Waals surface area contributed by atoms with Crippen LogP contribution in [0, 0.1) is 0 Å². The molecule has 0 radical (unpaired) electrons. The van der Waals surface area contributed by atoms with Gasteiger partial charge in [0, 0.05) is 6.54 Å². The lowest BCUT2D eigenvalue weighted by Crippen LogP contribution is -2.42. The van der Waals surface area contributed by atoms with Crippen molar-refractivity contribution >= 4 is 5.97 Å². The third-order valence-electron chi connectivity index (χ3n) is 3.85. The Morgan fingerprint density at radius 2 is 1.95 bits per heavy atom. The van der Waals surface area contributed by atoms with Gasteiger partial charge in [0.15, 0.2) is 0 Å². The highest BCUT2D eigenvalue weighted by Crippen LogP contribution is 2.23. The quantitative estimate of drug-likeness (QED) is 0.897. The molecule has 2 aromatic rings. The van der Waals surface area contributed by atoms with Gasteiger partial charge in [0.25, 0.3) is 0 Å². The fourth-order valence-corrected chi connectivity index (χ4v) is 2.78. The summed E-state index contributed by atoms with van der Waals surface area (Å²) in [5.41, 5.74) is 4.91. The number of hydrogen-bond donors (Lipinski definition) is 2. The van der Waals surface area contributed by atoms with Gasteiger partial charge >= 0.3 is 5.97 Å². The monoisotopic (exact) mass is 267 g/mol. The van der Waals surface area contributed by atoms with E-state index < -0.39 is 12.0 Å². The van der Waals surface area contributed by atoms with Gasteiger partial charge in [0.1, 0.15) is 6.04 Å². The number of carboxylic acid groups (broad SMARTS) is 1. The van der Waals surface area contributed by atoms with Crippen molar-refractivity contribution in [2.45, 2.75) is 25.4 Å². The summed E-state index contributed by atoms with van der Waals surface area (Å²) < 4.78 is 0. The SMILES string of the molecule is O=C(O)[C@@H]1Cc2c(cccc2Cc2ccccc2)CN1. The fourth-order valence-electron chi connectivity index (χ4n) is 2.78. The van der Waals surface area contributed by atoms with Gasteiger partial charge in [0.05, 0.1) is 0 Å². The molecule has 1 aliphatic rings. The van der Waals surface area contributed by atoms with Crippen molar-refractivity contribution in [1.82, 2.24) is 5.32 Å². The molecule has 0 amide bonds. The number of rotatable bonds is 3. The predicted molar refractivity (Wildman–Crippen MR) is 77.7 cm³/mol. The summed E-state index contributed by atoms with van der Waals surface area (Å²) in [5, 5.41) is 12.2. The van der Waals surface area contributed by atoms with Crippen LogP contribution in [0.5, 0.6) is 0 Å². The van der Waals surface area contributed by atoms with Gasteiger partial charge in [-0.05, 0) is 35.1 Å². The zero-order valence-corrected chi connectivity index (χ0v) is 11.2. The maximum Gasteiger partial charge on any atom is 0.321 e. The van der Waals surface area contributed by atoms with Crippen molar-refractivity contribution < 1.29 is 9.90 Å². The number of carboxylic acids is 1. The van der Waals surface area contributed by atoms with E-state index in [1.54, 1.807) is 0 Å². The van der Waals surface area contributed by atoms with Gasteiger partial charge in [-0.15, -0.1) is 0 Å². The molecule has 1 atom stereocenters. The molecular weight excluding hydrogens is 250 g/mol. The molecule has 0 spiro atoms. The Kier molecular flexibility index (Phi) is 3.52. The van der Waals surface area contributed by atoms with Crippen LogP contribution in [0.4, 0.5) is 0 Å². The summed E-state index contributed by atoms with van der Waals surface area (Å²) in [5.74, 6) is -0.773. The van der Waals surface area contributed by atoms with Gasteiger partial charge < -0.3 is 10.4 Å². The molecule has 3 rings (SSSR count).